The van der Waals surface area contributed by atoms with Crippen molar-refractivity contribution in [2.75, 3.05) is 0 Å². The summed E-state index contributed by atoms with van der Waals surface area (Å²) in [5, 5.41) is 10.8. The van der Waals surface area contributed by atoms with Gasteiger partial charge in [-0.05, 0) is 68.8 Å². The molecule has 2 saturated carbocycles. The van der Waals surface area contributed by atoms with Gasteiger partial charge in [0.25, 0.3) is 0 Å². The lowest BCUT2D eigenvalue weighted by atomic mass is 9.78. The first-order valence-electron chi connectivity index (χ1n) is 6.23. The van der Waals surface area contributed by atoms with Crippen LogP contribution in [0.1, 0.15) is 51.4 Å². The molecular formula is C13H20O. The van der Waals surface area contributed by atoms with E-state index < -0.39 is 0 Å². The molecule has 3 aliphatic rings. The monoisotopic (exact) mass is 192 g/mol. The highest BCUT2D eigenvalue weighted by atomic mass is 16.3. The van der Waals surface area contributed by atoms with Gasteiger partial charge in [0.2, 0.25) is 0 Å². The Kier molecular flexibility index (Phi) is 1.98. The lowest BCUT2D eigenvalue weighted by Gasteiger charge is -2.33. The summed E-state index contributed by atoms with van der Waals surface area (Å²) in [6.07, 6.45) is 12.4. The van der Waals surface area contributed by atoms with Crippen molar-refractivity contribution in [3.8, 4) is 0 Å². The van der Waals surface area contributed by atoms with Crippen LogP contribution in [0.15, 0.2) is 11.6 Å². The van der Waals surface area contributed by atoms with Gasteiger partial charge in [0.15, 0.2) is 0 Å². The van der Waals surface area contributed by atoms with Gasteiger partial charge < -0.3 is 5.11 Å². The SMILES string of the molecule is OC(C1=CCCCC1)(C1CC1)C1CC1. The van der Waals surface area contributed by atoms with Crippen LogP contribution in [0.5, 0.6) is 0 Å². The molecule has 1 heteroatoms. The minimum Gasteiger partial charge on any atom is -0.385 e. The molecule has 0 heterocycles. The second kappa shape index (κ2) is 3.10. The molecular weight excluding hydrogens is 172 g/mol. The van der Waals surface area contributed by atoms with Crippen LogP contribution in [-0.2, 0) is 0 Å². The van der Waals surface area contributed by atoms with Crippen molar-refractivity contribution in [1.82, 2.24) is 0 Å². The van der Waals surface area contributed by atoms with Crippen molar-refractivity contribution >= 4 is 0 Å². The van der Waals surface area contributed by atoms with E-state index in [0.29, 0.717) is 11.8 Å². The normalized spacial score (nSPS) is 28.8. The van der Waals surface area contributed by atoms with E-state index in [1.807, 2.05) is 0 Å². The Morgan fingerprint density at radius 2 is 1.71 bits per heavy atom. The van der Waals surface area contributed by atoms with E-state index in [0.717, 1.165) is 0 Å². The van der Waals surface area contributed by atoms with Crippen LogP contribution in [0.2, 0.25) is 0 Å². The molecule has 0 radical (unpaired) electrons. The third-order valence-corrected chi connectivity index (χ3v) is 4.20. The lowest BCUT2D eigenvalue weighted by molar-refractivity contribution is 0.0274. The molecule has 78 valence electrons. The summed E-state index contributed by atoms with van der Waals surface area (Å²) in [6.45, 7) is 0. The van der Waals surface area contributed by atoms with Gasteiger partial charge in [0, 0.05) is 0 Å². The van der Waals surface area contributed by atoms with Crippen molar-refractivity contribution in [2.24, 2.45) is 11.8 Å². The maximum Gasteiger partial charge on any atom is 0.0912 e. The molecule has 0 unspecified atom stereocenters. The smallest absolute Gasteiger partial charge is 0.0912 e. The molecule has 0 aromatic heterocycles. The lowest BCUT2D eigenvalue weighted by Crippen LogP contribution is -2.37. The average molecular weight is 192 g/mol. The average Bonchev–Trinajstić information content (AvgIpc) is 3.06. The Labute approximate surface area is 86.2 Å². The highest BCUT2D eigenvalue weighted by Gasteiger charge is 2.54. The molecule has 3 aliphatic carbocycles. The Morgan fingerprint density at radius 3 is 2.14 bits per heavy atom. The first-order valence-corrected chi connectivity index (χ1v) is 6.23. The number of hydrogen-bond acceptors (Lipinski definition) is 1. The van der Waals surface area contributed by atoms with Crippen LogP contribution in [0.25, 0.3) is 0 Å². The van der Waals surface area contributed by atoms with Gasteiger partial charge >= 0.3 is 0 Å². The fourth-order valence-electron chi connectivity index (χ4n) is 3.11. The van der Waals surface area contributed by atoms with Crippen LogP contribution < -0.4 is 0 Å². The Bertz CT molecular complexity index is 246. The minimum absolute atomic E-state index is 0.347. The molecule has 0 aromatic carbocycles. The highest BCUT2D eigenvalue weighted by molar-refractivity contribution is 5.26. The van der Waals surface area contributed by atoms with Crippen LogP contribution in [-0.4, -0.2) is 10.7 Å². The van der Waals surface area contributed by atoms with Crippen LogP contribution in [0.3, 0.4) is 0 Å². The van der Waals surface area contributed by atoms with Crippen molar-refractivity contribution in [3.05, 3.63) is 11.6 Å². The molecule has 0 atom stereocenters. The standard InChI is InChI=1S/C13H20O/c14-13(11-6-7-11,12-8-9-12)10-4-2-1-3-5-10/h4,11-12,14H,1-3,5-9H2. The van der Waals surface area contributed by atoms with E-state index in [9.17, 15) is 5.11 Å². The molecule has 0 spiro atoms. The first-order chi connectivity index (χ1) is 6.82. The van der Waals surface area contributed by atoms with Crippen molar-refractivity contribution in [2.45, 2.75) is 57.0 Å². The van der Waals surface area contributed by atoms with Gasteiger partial charge in [-0.1, -0.05) is 6.08 Å². The van der Waals surface area contributed by atoms with Gasteiger partial charge in [-0.15, -0.1) is 0 Å². The number of hydrogen-bond donors (Lipinski definition) is 1. The van der Waals surface area contributed by atoms with Gasteiger partial charge in [-0.2, -0.15) is 0 Å². The van der Waals surface area contributed by atoms with Crippen LogP contribution >= 0.6 is 0 Å². The molecule has 0 aliphatic heterocycles. The zero-order valence-corrected chi connectivity index (χ0v) is 8.84. The maximum absolute atomic E-state index is 10.8. The molecule has 0 aromatic rings. The van der Waals surface area contributed by atoms with Crippen molar-refractivity contribution < 1.29 is 5.11 Å². The van der Waals surface area contributed by atoms with Crippen LogP contribution in [0, 0.1) is 11.8 Å². The number of allylic oxidation sites excluding steroid dienone is 1. The molecule has 2 fully saturated rings. The van der Waals surface area contributed by atoms with E-state index in [1.54, 1.807) is 0 Å². The number of aliphatic hydroxyl groups is 1. The highest BCUT2D eigenvalue weighted by Crippen LogP contribution is 2.56. The van der Waals surface area contributed by atoms with Gasteiger partial charge in [0.05, 0.1) is 5.60 Å². The minimum atomic E-state index is -0.347. The van der Waals surface area contributed by atoms with Gasteiger partial charge in [-0.3, -0.25) is 0 Å². The third kappa shape index (κ3) is 1.33. The molecule has 0 amide bonds. The predicted molar refractivity (Wildman–Crippen MR) is 56.9 cm³/mol. The van der Waals surface area contributed by atoms with Gasteiger partial charge in [-0.25, -0.2) is 0 Å². The molecule has 14 heavy (non-hydrogen) atoms. The Balaban J connectivity index is 1.86. The summed E-state index contributed by atoms with van der Waals surface area (Å²) >= 11 is 0. The summed E-state index contributed by atoms with van der Waals surface area (Å²) in [4.78, 5) is 0. The van der Waals surface area contributed by atoms with E-state index in [-0.39, 0.29) is 5.60 Å². The van der Waals surface area contributed by atoms with E-state index in [1.165, 1.54) is 56.9 Å². The quantitative estimate of drug-likeness (QED) is 0.681. The third-order valence-electron chi connectivity index (χ3n) is 4.20. The van der Waals surface area contributed by atoms with Crippen molar-refractivity contribution in [3.63, 3.8) is 0 Å². The summed E-state index contributed by atoms with van der Waals surface area (Å²) in [5.74, 6) is 1.25. The fourth-order valence-corrected chi connectivity index (χ4v) is 3.11. The van der Waals surface area contributed by atoms with Crippen molar-refractivity contribution in [1.29, 1.82) is 0 Å². The molecule has 0 saturated heterocycles. The maximum atomic E-state index is 10.8. The number of rotatable bonds is 3. The molecule has 1 nitrogen and oxygen atoms in total. The van der Waals surface area contributed by atoms with Gasteiger partial charge in [0.1, 0.15) is 0 Å². The Hall–Kier alpha value is -0.300. The van der Waals surface area contributed by atoms with E-state index >= 15 is 0 Å². The van der Waals surface area contributed by atoms with Crippen LogP contribution in [0.4, 0.5) is 0 Å². The largest absolute Gasteiger partial charge is 0.385 e. The Morgan fingerprint density at radius 1 is 1.07 bits per heavy atom. The zero-order chi connectivity index (χ0) is 9.60. The summed E-state index contributed by atoms with van der Waals surface area (Å²) < 4.78 is 0. The van der Waals surface area contributed by atoms with E-state index in [2.05, 4.69) is 6.08 Å². The fraction of sp³-hybridized carbons (Fsp3) is 0.846. The first kappa shape index (κ1) is 8.96. The summed E-state index contributed by atoms with van der Waals surface area (Å²) in [5.41, 5.74) is 1.06. The molecule has 1 N–H and O–H groups in total. The summed E-state index contributed by atoms with van der Waals surface area (Å²) in [7, 11) is 0. The second-order valence-electron chi connectivity index (χ2n) is 5.35. The molecule has 3 rings (SSSR count). The molecule has 0 bridgehead atoms. The predicted octanol–water partition coefficient (Wildman–Crippen LogP) is 3.04. The van der Waals surface area contributed by atoms with E-state index in [4.69, 9.17) is 0 Å². The summed E-state index contributed by atoms with van der Waals surface area (Å²) in [6, 6.07) is 0. The zero-order valence-electron chi connectivity index (χ0n) is 8.84. The topological polar surface area (TPSA) is 20.2 Å². The second-order valence-corrected chi connectivity index (χ2v) is 5.35.